The molecular weight excluding hydrogens is 180 g/mol. The van der Waals surface area contributed by atoms with E-state index in [1.165, 1.54) is 12.1 Å². The molecule has 0 aliphatic heterocycles. The van der Waals surface area contributed by atoms with E-state index in [2.05, 4.69) is 6.92 Å². The standard InChI is InChI=1S/C11H13O3/c1-3-11(13)8(2)14-10-6-4-9(12)5-7-10/h4-8,12H,2-3H2,1H3. The van der Waals surface area contributed by atoms with Gasteiger partial charge in [-0.05, 0) is 31.2 Å². The lowest BCUT2D eigenvalue weighted by atomic mass is 10.2. The van der Waals surface area contributed by atoms with Gasteiger partial charge >= 0.3 is 0 Å². The van der Waals surface area contributed by atoms with E-state index in [-0.39, 0.29) is 11.5 Å². The predicted molar refractivity (Wildman–Crippen MR) is 53.2 cm³/mol. The third kappa shape index (κ3) is 2.76. The van der Waals surface area contributed by atoms with Gasteiger partial charge in [0.1, 0.15) is 11.5 Å². The Morgan fingerprint density at radius 3 is 2.57 bits per heavy atom. The summed E-state index contributed by atoms with van der Waals surface area (Å²) < 4.78 is 5.25. The van der Waals surface area contributed by atoms with Crippen molar-refractivity contribution in [1.29, 1.82) is 0 Å². The molecule has 0 fully saturated rings. The van der Waals surface area contributed by atoms with Gasteiger partial charge in [0, 0.05) is 6.42 Å². The Hall–Kier alpha value is -1.51. The average Bonchev–Trinajstić information content (AvgIpc) is 2.20. The maximum atomic E-state index is 11.1. The fourth-order valence-electron chi connectivity index (χ4n) is 0.982. The summed E-state index contributed by atoms with van der Waals surface area (Å²) in [5.41, 5.74) is 0. The number of ketones is 1. The number of aromatic hydroxyl groups is 1. The van der Waals surface area contributed by atoms with Crippen LogP contribution in [0.15, 0.2) is 24.3 Å². The topological polar surface area (TPSA) is 46.5 Å². The Morgan fingerprint density at radius 2 is 2.07 bits per heavy atom. The van der Waals surface area contributed by atoms with Crippen LogP contribution >= 0.6 is 0 Å². The highest BCUT2D eigenvalue weighted by Crippen LogP contribution is 2.17. The molecule has 75 valence electrons. The minimum absolute atomic E-state index is 0.0434. The number of phenolic OH excluding ortho intramolecular Hbond substituents is 1. The van der Waals surface area contributed by atoms with Gasteiger partial charge in [-0.2, -0.15) is 0 Å². The Morgan fingerprint density at radius 1 is 1.50 bits per heavy atom. The second kappa shape index (κ2) is 4.65. The van der Waals surface area contributed by atoms with Gasteiger partial charge in [-0.3, -0.25) is 4.79 Å². The molecule has 0 aliphatic rings. The molecular formula is C11H13O3. The Balaban J connectivity index is 2.60. The van der Waals surface area contributed by atoms with Crippen LogP contribution in [-0.2, 0) is 4.79 Å². The number of hydrogen-bond donors (Lipinski definition) is 1. The van der Waals surface area contributed by atoms with Crippen LogP contribution in [0.5, 0.6) is 11.5 Å². The van der Waals surface area contributed by atoms with E-state index in [1.54, 1.807) is 19.1 Å². The summed E-state index contributed by atoms with van der Waals surface area (Å²) in [6, 6.07) is 6.18. The lowest BCUT2D eigenvalue weighted by molar-refractivity contribution is -0.123. The highest BCUT2D eigenvalue weighted by molar-refractivity contribution is 5.83. The first kappa shape index (κ1) is 10.6. The van der Waals surface area contributed by atoms with Crippen LogP contribution in [0.1, 0.15) is 13.3 Å². The van der Waals surface area contributed by atoms with Gasteiger partial charge in [0.15, 0.2) is 11.9 Å². The molecule has 3 heteroatoms. The van der Waals surface area contributed by atoms with Crippen LogP contribution in [0.4, 0.5) is 0 Å². The molecule has 0 amide bonds. The number of rotatable bonds is 4. The molecule has 0 bridgehead atoms. The van der Waals surface area contributed by atoms with Gasteiger partial charge in [-0.25, -0.2) is 0 Å². The molecule has 1 N–H and O–H groups in total. The van der Waals surface area contributed by atoms with E-state index >= 15 is 0 Å². The highest BCUT2D eigenvalue weighted by atomic mass is 16.5. The zero-order valence-electron chi connectivity index (χ0n) is 8.06. The van der Waals surface area contributed by atoms with Crippen molar-refractivity contribution in [1.82, 2.24) is 0 Å². The van der Waals surface area contributed by atoms with Gasteiger partial charge < -0.3 is 9.84 Å². The van der Waals surface area contributed by atoms with Crippen molar-refractivity contribution < 1.29 is 14.6 Å². The summed E-state index contributed by atoms with van der Waals surface area (Å²) >= 11 is 0. The van der Waals surface area contributed by atoms with Crippen molar-refractivity contribution in [2.75, 3.05) is 0 Å². The van der Waals surface area contributed by atoms with E-state index in [0.717, 1.165) is 0 Å². The molecule has 0 aromatic heterocycles. The van der Waals surface area contributed by atoms with Gasteiger partial charge in [0.25, 0.3) is 0 Å². The van der Waals surface area contributed by atoms with Crippen LogP contribution in [0.3, 0.4) is 0 Å². The van der Waals surface area contributed by atoms with E-state index in [4.69, 9.17) is 9.84 Å². The number of carbonyl (C=O) groups is 1. The zero-order valence-corrected chi connectivity index (χ0v) is 8.06. The first-order valence-electron chi connectivity index (χ1n) is 4.45. The van der Waals surface area contributed by atoms with Crippen LogP contribution < -0.4 is 4.74 Å². The van der Waals surface area contributed by atoms with Crippen molar-refractivity contribution in [3.63, 3.8) is 0 Å². The summed E-state index contributed by atoms with van der Waals surface area (Å²) in [7, 11) is 0. The number of hydrogen-bond acceptors (Lipinski definition) is 3. The molecule has 1 radical (unpaired) electrons. The molecule has 1 rings (SSSR count). The number of carbonyl (C=O) groups excluding carboxylic acids is 1. The van der Waals surface area contributed by atoms with Crippen molar-refractivity contribution in [2.45, 2.75) is 19.4 Å². The number of ether oxygens (including phenoxy) is 1. The second-order valence-corrected chi connectivity index (χ2v) is 2.92. The fraction of sp³-hybridized carbons (Fsp3) is 0.273. The third-order valence-corrected chi connectivity index (χ3v) is 1.82. The van der Waals surface area contributed by atoms with E-state index < -0.39 is 6.10 Å². The number of benzene rings is 1. The molecule has 1 unspecified atom stereocenters. The third-order valence-electron chi connectivity index (χ3n) is 1.82. The molecule has 0 saturated carbocycles. The SMILES string of the molecule is [CH2]C(Oc1ccc(O)cc1)C(=O)CC. The first-order chi connectivity index (χ1) is 6.63. The molecule has 1 aromatic carbocycles. The van der Waals surface area contributed by atoms with Gasteiger partial charge in [0.05, 0.1) is 0 Å². The van der Waals surface area contributed by atoms with Crippen LogP contribution in [0.25, 0.3) is 0 Å². The lowest BCUT2D eigenvalue weighted by Gasteiger charge is -2.12. The highest BCUT2D eigenvalue weighted by Gasteiger charge is 2.11. The molecule has 14 heavy (non-hydrogen) atoms. The molecule has 0 saturated heterocycles. The summed E-state index contributed by atoms with van der Waals surface area (Å²) in [6.07, 6.45) is -0.267. The van der Waals surface area contributed by atoms with Crippen LogP contribution in [0.2, 0.25) is 0 Å². The predicted octanol–water partition coefficient (Wildman–Crippen LogP) is 1.95. The van der Waals surface area contributed by atoms with Gasteiger partial charge in [-0.1, -0.05) is 6.92 Å². The molecule has 0 aliphatic carbocycles. The van der Waals surface area contributed by atoms with Crippen molar-refractivity contribution >= 4 is 5.78 Å². The monoisotopic (exact) mass is 193 g/mol. The van der Waals surface area contributed by atoms with Gasteiger partial charge in [-0.15, -0.1) is 0 Å². The van der Waals surface area contributed by atoms with Crippen molar-refractivity contribution in [3.05, 3.63) is 31.2 Å². The molecule has 3 nitrogen and oxygen atoms in total. The Bertz CT molecular complexity index is 303. The average molecular weight is 193 g/mol. The molecule has 0 spiro atoms. The first-order valence-corrected chi connectivity index (χ1v) is 4.45. The van der Waals surface area contributed by atoms with Gasteiger partial charge in [0.2, 0.25) is 0 Å². The summed E-state index contributed by atoms with van der Waals surface area (Å²) in [5, 5.41) is 9.01. The zero-order chi connectivity index (χ0) is 10.6. The molecule has 1 atom stereocenters. The largest absolute Gasteiger partial charge is 0.508 e. The van der Waals surface area contributed by atoms with E-state index in [9.17, 15) is 4.79 Å². The smallest absolute Gasteiger partial charge is 0.173 e. The number of phenols is 1. The van der Waals surface area contributed by atoms with Crippen molar-refractivity contribution in [2.24, 2.45) is 0 Å². The summed E-state index contributed by atoms with van der Waals surface area (Å²) in [4.78, 5) is 11.1. The van der Waals surface area contributed by atoms with Crippen molar-refractivity contribution in [3.8, 4) is 11.5 Å². The minimum atomic E-state index is -0.676. The maximum Gasteiger partial charge on any atom is 0.173 e. The quantitative estimate of drug-likeness (QED) is 0.795. The normalized spacial score (nSPS) is 12.1. The Labute approximate surface area is 83.3 Å². The number of Topliss-reactive ketones (excluding diaryl/α,β-unsaturated/α-hetero) is 1. The fourth-order valence-corrected chi connectivity index (χ4v) is 0.982. The lowest BCUT2D eigenvalue weighted by Crippen LogP contribution is -2.23. The van der Waals surface area contributed by atoms with E-state index in [0.29, 0.717) is 12.2 Å². The van der Waals surface area contributed by atoms with Crippen LogP contribution in [0, 0.1) is 6.92 Å². The van der Waals surface area contributed by atoms with Crippen LogP contribution in [-0.4, -0.2) is 17.0 Å². The summed E-state index contributed by atoms with van der Waals surface area (Å²) in [5.74, 6) is 0.655. The second-order valence-electron chi connectivity index (χ2n) is 2.92. The molecule has 0 heterocycles. The Kier molecular flexibility index (Phi) is 3.51. The van der Waals surface area contributed by atoms with E-state index in [1.807, 2.05) is 0 Å². The summed E-state index contributed by atoms with van der Waals surface area (Å²) in [6.45, 7) is 5.36. The minimum Gasteiger partial charge on any atom is -0.508 e. The maximum absolute atomic E-state index is 11.1. The molecule has 1 aromatic rings.